The molecule has 1 aromatic carbocycles. The van der Waals surface area contributed by atoms with E-state index in [4.69, 9.17) is 0 Å². The molecule has 3 amide bonds. The van der Waals surface area contributed by atoms with Crippen LogP contribution in [0.1, 0.15) is 53.4 Å². The highest BCUT2D eigenvalue weighted by Gasteiger charge is 2.74. The average Bonchev–Trinajstić information content (AvgIpc) is 3.43. The number of anilines is 1. The second kappa shape index (κ2) is 9.90. The molecule has 7 nitrogen and oxygen atoms in total. The van der Waals surface area contributed by atoms with Crippen LogP contribution >= 0.6 is 11.8 Å². The molecule has 7 atom stereocenters. The molecule has 34 heavy (non-hydrogen) atoms. The van der Waals surface area contributed by atoms with Gasteiger partial charge in [0.1, 0.15) is 6.04 Å². The molecule has 3 saturated heterocycles. The highest BCUT2D eigenvalue weighted by atomic mass is 32.2. The fourth-order valence-electron chi connectivity index (χ4n) is 6.24. The van der Waals surface area contributed by atoms with Crippen LogP contribution in [-0.4, -0.2) is 62.5 Å². The Balaban J connectivity index is 1.69. The molecule has 3 unspecified atom stereocenters. The maximum Gasteiger partial charge on any atom is 0.244 e. The Morgan fingerprint density at radius 1 is 1.21 bits per heavy atom. The predicted octanol–water partition coefficient (Wildman–Crippen LogP) is 3.04. The zero-order chi connectivity index (χ0) is 24.6. The van der Waals surface area contributed by atoms with Crippen molar-refractivity contribution in [2.75, 3.05) is 11.9 Å². The summed E-state index contributed by atoms with van der Waals surface area (Å²) in [6.45, 7) is 7.76. The van der Waals surface area contributed by atoms with Crippen LogP contribution in [0.25, 0.3) is 0 Å². The van der Waals surface area contributed by atoms with Gasteiger partial charge in [0.25, 0.3) is 0 Å². The molecular weight excluding hydrogens is 450 g/mol. The van der Waals surface area contributed by atoms with E-state index in [2.05, 4.69) is 17.6 Å². The van der Waals surface area contributed by atoms with Gasteiger partial charge in [0.05, 0.1) is 29.2 Å². The van der Waals surface area contributed by atoms with Crippen molar-refractivity contribution in [2.45, 2.75) is 81.5 Å². The first-order chi connectivity index (χ1) is 16.2. The van der Waals surface area contributed by atoms with Crippen LogP contribution < -0.4 is 10.6 Å². The van der Waals surface area contributed by atoms with Crippen LogP contribution in [0.5, 0.6) is 0 Å². The molecule has 1 aromatic rings. The van der Waals surface area contributed by atoms with Gasteiger partial charge in [-0.25, -0.2) is 0 Å². The Bertz CT molecular complexity index is 926. The van der Waals surface area contributed by atoms with Gasteiger partial charge in [0.15, 0.2) is 0 Å². The molecule has 0 radical (unpaired) electrons. The van der Waals surface area contributed by atoms with E-state index in [1.165, 1.54) is 0 Å². The zero-order valence-electron chi connectivity index (χ0n) is 20.5. The molecule has 2 bridgehead atoms. The number of rotatable bonds is 9. The lowest BCUT2D eigenvalue weighted by Gasteiger charge is -2.39. The van der Waals surface area contributed by atoms with Crippen molar-refractivity contribution >= 4 is 35.2 Å². The summed E-state index contributed by atoms with van der Waals surface area (Å²) in [4.78, 5) is 42.8. The van der Waals surface area contributed by atoms with E-state index in [-0.39, 0.29) is 41.5 Å². The van der Waals surface area contributed by atoms with Crippen LogP contribution in [0.2, 0.25) is 0 Å². The molecule has 186 valence electrons. The SMILES string of the molecule is CCCC(C)NC(=O)C1N([C@@H](CO)C(C)C)C(=O)[C@@H]2[C@@H](C(=O)Nc3ccccc3)[C@H]3CCC12S3. The third kappa shape index (κ3) is 4.13. The van der Waals surface area contributed by atoms with E-state index >= 15 is 0 Å². The van der Waals surface area contributed by atoms with Crippen molar-refractivity contribution < 1.29 is 19.5 Å². The Morgan fingerprint density at radius 2 is 1.91 bits per heavy atom. The average molecular weight is 488 g/mol. The number of hydrogen-bond acceptors (Lipinski definition) is 5. The number of thioether (sulfide) groups is 1. The summed E-state index contributed by atoms with van der Waals surface area (Å²) in [7, 11) is 0. The molecule has 4 rings (SSSR count). The largest absolute Gasteiger partial charge is 0.394 e. The van der Waals surface area contributed by atoms with Gasteiger partial charge in [0.2, 0.25) is 17.7 Å². The van der Waals surface area contributed by atoms with E-state index in [1.54, 1.807) is 16.7 Å². The Labute approximate surface area is 206 Å². The second-order valence-electron chi connectivity index (χ2n) is 10.3. The van der Waals surface area contributed by atoms with Crippen LogP contribution in [0, 0.1) is 17.8 Å². The normalized spacial score (nSPS) is 31.5. The molecule has 3 heterocycles. The van der Waals surface area contributed by atoms with Crippen molar-refractivity contribution in [3.8, 4) is 0 Å². The standard InChI is InChI=1S/C26H37N3O4S/c1-5-9-16(4)27-24(32)22-26-13-12-19(34-26)20(23(31)28-17-10-7-6-8-11-17)21(26)25(33)29(22)18(14-30)15(2)3/h6-8,10-11,15-16,18-22,30H,5,9,12-14H2,1-4H3,(H,27,32)(H,28,31)/t16?,18-,19+,20-,21-,22?,26?/m0/s1. The topological polar surface area (TPSA) is 98.7 Å². The second-order valence-corrected chi connectivity index (χ2v) is 12.0. The summed E-state index contributed by atoms with van der Waals surface area (Å²) in [6, 6.07) is 8.13. The molecule has 0 saturated carbocycles. The van der Waals surface area contributed by atoms with Gasteiger partial charge in [-0.1, -0.05) is 45.4 Å². The summed E-state index contributed by atoms with van der Waals surface area (Å²) in [5.74, 6) is -1.57. The molecule has 3 aliphatic heterocycles. The van der Waals surface area contributed by atoms with E-state index in [1.807, 2.05) is 51.1 Å². The summed E-state index contributed by atoms with van der Waals surface area (Å²) < 4.78 is -0.640. The number of para-hydroxylation sites is 1. The van der Waals surface area contributed by atoms with E-state index in [0.717, 1.165) is 25.7 Å². The summed E-state index contributed by atoms with van der Waals surface area (Å²) in [5.41, 5.74) is 0.703. The lowest BCUT2D eigenvalue weighted by atomic mass is 9.70. The minimum absolute atomic E-state index is 0.00249. The number of nitrogens with one attached hydrogen (secondary N) is 2. The van der Waals surface area contributed by atoms with Gasteiger partial charge < -0.3 is 20.6 Å². The molecule has 0 aliphatic carbocycles. The molecule has 8 heteroatoms. The van der Waals surface area contributed by atoms with Crippen LogP contribution in [0.3, 0.4) is 0 Å². The molecule has 0 aromatic heterocycles. The zero-order valence-corrected chi connectivity index (χ0v) is 21.3. The van der Waals surface area contributed by atoms with Crippen molar-refractivity contribution in [1.29, 1.82) is 0 Å². The summed E-state index contributed by atoms with van der Waals surface area (Å²) in [5, 5.41) is 16.4. The number of hydrogen-bond donors (Lipinski definition) is 3. The number of likely N-dealkylation sites (tertiary alicyclic amines) is 1. The number of aliphatic hydroxyl groups excluding tert-OH is 1. The number of aliphatic hydroxyl groups is 1. The van der Waals surface area contributed by atoms with Gasteiger partial charge >= 0.3 is 0 Å². The quantitative estimate of drug-likeness (QED) is 0.497. The number of carbonyl (C=O) groups is 3. The monoisotopic (exact) mass is 487 g/mol. The van der Waals surface area contributed by atoms with Crippen molar-refractivity contribution in [3.63, 3.8) is 0 Å². The Hall–Kier alpha value is -2.06. The first-order valence-electron chi connectivity index (χ1n) is 12.5. The first kappa shape index (κ1) is 25.0. The number of fused-ring (bicyclic) bond motifs is 1. The highest BCUT2D eigenvalue weighted by molar-refractivity contribution is 8.02. The highest BCUT2D eigenvalue weighted by Crippen LogP contribution is 2.66. The lowest BCUT2D eigenvalue weighted by Crippen LogP contribution is -2.58. The van der Waals surface area contributed by atoms with Crippen molar-refractivity contribution in [1.82, 2.24) is 10.2 Å². The maximum absolute atomic E-state index is 14.0. The molecule has 3 aliphatic rings. The Kier molecular flexibility index (Phi) is 7.29. The van der Waals surface area contributed by atoms with Gasteiger partial charge in [-0.3, -0.25) is 14.4 Å². The minimum Gasteiger partial charge on any atom is -0.394 e. The van der Waals surface area contributed by atoms with E-state index < -0.39 is 28.7 Å². The van der Waals surface area contributed by atoms with Crippen LogP contribution in [-0.2, 0) is 14.4 Å². The summed E-state index contributed by atoms with van der Waals surface area (Å²) in [6.07, 6.45) is 3.33. The van der Waals surface area contributed by atoms with Gasteiger partial charge in [-0.2, -0.15) is 0 Å². The van der Waals surface area contributed by atoms with Crippen molar-refractivity contribution in [2.24, 2.45) is 17.8 Å². The predicted molar refractivity (Wildman–Crippen MR) is 134 cm³/mol. The lowest BCUT2D eigenvalue weighted by molar-refractivity contribution is -0.143. The number of benzene rings is 1. The summed E-state index contributed by atoms with van der Waals surface area (Å²) >= 11 is 1.65. The van der Waals surface area contributed by atoms with Crippen molar-refractivity contribution in [3.05, 3.63) is 30.3 Å². The number of amides is 3. The minimum atomic E-state index is -0.687. The molecular formula is C26H37N3O4S. The van der Waals surface area contributed by atoms with Gasteiger partial charge in [-0.15, -0.1) is 11.8 Å². The van der Waals surface area contributed by atoms with Gasteiger partial charge in [-0.05, 0) is 44.2 Å². The molecule has 1 spiro atoms. The van der Waals surface area contributed by atoms with Crippen LogP contribution in [0.15, 0.2) is 30.3 Å². The molecule has 3 fully saturated rings. The van der Waals surface area contributed by atoms with Gasteiger partial charge in [0, 0.05) is 17.0 Å². The van der Waals surface area contributed by atoms with Crippen LogP contribution in [0.4, 0.5) is 5.69 Å². The fraction of sp³-hybridized carbons (Fsp3) is 0.654. The number of nitrogens with zero attached hydrogens (tertiary/aromatic N) is 1. The molecule has 3 N–H and O–H groups in total. The smallest absolute Gasteiger partial charge is 0.244 e. The Morgan fingerprint density at radius 3 is 2.53 bits per heavy atom. The fourth-order valence-corrected chi connectivity index (χ4v) is 8.45. The third-order valence-corrected chi connectivity index (χ3v) is 9.71. The maximum atomic E-state index is 14.0. The number of carbonyl (C=O) groups excluding carboxylic acids is 3. The third-order valence-electron chi connectivity index (χ3n) is 7.75. The first-order valence-corrected chi connectivity index (χ1v) is 13.4. The van der Waals surface area contributed by atoms with E-state index in [0.29, 0.717) is 5.69 Å². The van der Waals surface area contributed by atoms with E-state index in [9.17, 15) is 19.5 Å².